The van der Waals surface area contributed by atoms with Crippen LogP contribution in [0.15, 0.2) is 36.5 Å². The Balaban J connectivity index is 1.41. The summed E-state index contributed by atoms with van der Waals surface area (Å²) in [6.45, 7) is 19.7. The molecule has 0 radical (unpaired) electrons. The van der Waals surface area contributed by atoms with Crippen LogP contribution in [0.4, 0.5) is 4.79 Å². The summed E-state index contributed by atoms with van der Waals surface area (Å²) in [6.07, 6.45) is 1.31. The molecule has 3 aliphatic heterocycles. The highest BCUT2D eigenvalue weighted by atomic mass is 16.7. The van der Waals surface area contributed by atoms with Crippen molar-refractivity contribution in [3.63, 3.8) is 0 Å². The summed E-state index contributed by atoms with van der Waals surface area (Å²) in [6, 6.07) is 9.26. The van der Waals surface area contributed by atoms with Crippen LogP contribution in [0.3, 0.4) is 0 Å². The number of nitrogens with one attached hydrogen (secondary N) is 1. The number of ketones is 2. The van der Waals surface area contributed by atoms with Crippen LogP contribution in [0.2, 0.25) is 0 Å². The average Bonchev–Trinajstić information content (AvgIpc) is 3.45. The molecule has 2 aromatic rings. The first-order valence-electron chi connectivity index (χ1n) is 19.7. The van der Waals surface area contributed by atoms with Crippen molar-refractivity contribution in [2.75, 3.05) is 6.54 Å². The van der Waals surface area contributed by atoms with Gasteiger partial charge in [-0.1, -0.05) is 73.6 Å². The van der Waals surface area contributed by atoms with Gasteiger partial charge in [0.2, 0.25) is 0 Å². The molecule has 5 rings (SSSR count). The number of pyridine rings is 1. The number of fused-ring (bicyclic) bond motifs is 2. The zero-order valence-electron chi connectivity index (χ0n) is 33.3. The summed E-state index contributed by atoms with van der Waals surface area (Å²) >= 11 is 0. The third-order valence-corrected chi connectivity index (χ3v) is 12.2. The highest BCUT2D eigenvalue weighted by Gasteiger charge is 2.53. The number of esters is 1. The second kappa shape index (κ2) is 16.9. The van der Waals surface area contributed by atoms with Gasteiger partial charge in [0.1, 0.15) is 23.8 Å². The third kappa shape index (κ3) is 8.78. The van der Waals surface area contributed by atoms with E-state index in [1.54, 1.807) is 20.0 Å². The van der Waals surface area contributed by atoms with Crippen LogP contribution in [0, 0.1) is 40.9 Å². The van der Waals surface area contributed by atoms with Crippen molar-refractivity contribution in [3.8, 4) is 0 Å². The molecule has 1 aromatic carbocycles. The number of benzene rings is 1. The normalized spacial score (nSPS) is 35.8. The molecule has 2 unspecified atom stereocenters. The number of para-hydroxylation sites is 1. The van der Waals surface area contributed by atoms with Crippen molar-refractivity contribution in [3.05, 3.63) is 42.1 Å². The summed E-state index contributed by atoms with van der Waals surface area (Å²) < 4.78 is 25.1. The van der Waals surface area contributed by atoms with Crippen LogP contribution >= 0.6 is 0 Å². The molecule has 3 fully saturated rings. The number of amides is 1. The maximum atomic E-state index is 14.5. The molecule has 292 valence electrons. The minimum absolute atomic E-state index is 0.00332. The summed E-state index contributed by atoms with van der Waals surface area (Å²) in [5, 5.41) is 2.51. The van der Waals surface area contributed by atoms with Gasteiger partial charge in [-0.25, -0.2) is 15.2 Å². The maximum Gasteiger partial charge on any atom is 0.425 e. The number of Topliss-reactive ketones (excluding diaryl/α,β-unsaturated/α-hetero) is 2. The molecule has 1 amide bonds. The molecular weight excluding hydrogens is 674 g/mol. The average molecular weight is 736 g/mol. The molecule has 11 nitrogen and oxygen atoms in total. The van der Waals surface area contributed by atoms with Crippen LogP contribution < -0.4 is 5.43 Å². The van der Waals surface area contributed by atoms with Crippen molar-refractivity contribution < 1.29 is 38.1 Å². The Labute approximate surface area is 315 Å². The lowest BCUT2D eigenvalue weighted by Crippen LogP contribution is -2.55. The van der Waals surface area contributed by atoms with Crippen molar-refractivity contribution in [2.24, 2.45) is 40.9 Å². The fraction of sp³-hybridized carbons (Fsp3) is 0.690. The molecule has 11 heteroatoms. The number of aromatic nitrogens is 1. The number of rotatable bonds is 8. The second-order valence-corrected chi connectivity index (χ2v) is 16.7. The van der Waals surface area contributed by atoms with Crippen molar-refractivity contribution in [1.82, 2.24) is 15.4 Å². The lowest BCUT2D eigenvalue weighted by atomic mass is 9.70. The van der Waals surface area contributed by atoms with Gasteiger partial charge >= 0.3 is 12.1 Å². The Morgan fingerprint density at radius 3 is 2.38 bits per heavy atom. The SMILES string of the molecule is CC[C@H]1OC(=O)[C@H](C)C(=O)[C@H](C)[C@@H](OC2O[C@H](C)C[C@H](C)[C@H]2C)C(C)(C)C[C@@H](C)C(=O)[C@H](C)[C@@H]2C1OC(=O)N2NCCCc1ccnc2ccccc12. The number of hydrogen-bond acceptors (Lipinski definition) is 10. The highest BCUT2D eigenvalue weighted by molar-refractivity contribution is 6.00. The molecule has 0 aliphatic carbocycles. The van der Waals surface area contributed by atoms with Crippen LogP contribution in [0.5, 0.6) is 0 Å². The zero-order chi connectivity index (χ0) is 38.8. The van der Waals surface area contributed by atoms with E-state index < -0.39 is 71.8 Å². The fourth-order valence-corrected chi connectivity index (χ4v) is 8.95. The van der Waals surface area contributed by atoms with Crippen LogP contribution in [-0.2, 0) is 39.8 Å². The van der Waals surface area contributed by atoms with E-state index in [9.17, 15) is 19.2 Å². The minimum Gasteiger partial charge on any atom is -0.458 e. The van der Waals surface area contributed by atoms with E-state index in [1.807, 2.05) is 65.8 Å². The van der Waals surface area contributed by atoms with Gasteiger partial charge in [0, 0.05) is 41.8 Å². The second-order valence-electron chi connectivity index (χ2n) is 16.7. The molecule has 0 saturated carbocycles. The van der Waals surface area contributed by atoms with Gasteiger partial charge < -0.3 is 18.9 Å². The number of nitrogens with zero attached hydrogens (tertiary/aromatic N) is 2. The van der Waals surface area contributed by atoms with Gasteiger partial charge in [-0.15, -0.1) is 0 Å². The Kier molecular flexibility index (Phi) is 13.0. The lowest BCUT2D eigenvalue weighted by Gasteiger charge is -2.45. The third-order valence-electron chi connectivity index (χ3n) is 12.2. The number of hydrazine groups is 1. The monoisotopic (exact) mass is 735 g/mol. The first-order valence-corrected chi connectivity index (χ1v) is 19.7. The van der Waals surface area contributed by atoms with E-state index >= 15 is 0 Å². The molecule has 12 atom stereocenters. The number of carbonyl (C=O) groups is 4. The van der Waals surface area contributed by atoms with Crippen molar-refractivity contribution >= 4 is 34.5 Å². The Hall–Kier alpha value is -3.41. The van der Waals surface area contributed by atoms with Gasteiger partial charge in [-0.2, -0.15) is 0 Å². The quantitative estimate of drug-likeness (QED) is 0.170. The number of ether oxygens (including phenoxy) is 4. The van der Waals surface area contributed by atoms with E-state index in [0.29, 0.717) is 31.7 Å². The fourth-order valence-electron chi connectivity index (χ4n) is 8.95. The Bertz CT molecular complexity index is 1630. The van der Waals surface area contributed by atoms with Crippen LogP contribution in [0.25, 0.3) is 10.9 Å². The topological polar surface area (TPSA) is 133 Å². The predicted octanol–water partition coefficient (Wildman–Crippen LogP) is 7.09. The zero-order valence-corrected chi connectivity index (χ0v) is 33.3. The van der Waals surface area contributed by atoms with Crippen molar-refractivity contribution in [1.29, 1.82) is 0 Å². The van der Waals surface area contributed by atoms with Gasteiger partial charge in [-0.3, -0.25) is 19.4 Å². The molecule has 4 heterocycles. The molecular formula is C42H61N3O8. The lowest BCUT2D eigenvalue weighted by molar-refractivity contribution is -0.267. The maximum absolute atomic E-state index is 14.5. The summed E-state index contributed by atoms with van der Waals surface area (Å²) in [4.78, 5) is 60.4. The molecule has 53 heavy (non-hydrogen) atoms. The first kappa shape index (κ1) is 40.8. The van der Waals surface area contributed by atoms with E-state index in [1.165, 1.54) is 5.01 Å². The van der Waals surface area contributed by atoms with Crippen LogP contribution in [0.1, 0.15) is 100 Å². The van der Waals surface area contributed by atoms with E-state index in [2.05, 4.69) is 30.3 Å². The van der Waals surface area contributed by atoms with Gasteiger partial charge in [0.25, 0.3) is 0 Å². The van der Waals surface area contributed by atoms with E-state index in [4.69, 9.17) is 18.9 Å². The predicted molar refractivity (Wildman–Crippen MR) is 201 cm³/mol. The molecule has 0 spiro atoms. The Morgan fingerprint density at radius 2 is 1.66 bits per heavy atom. The smallest absolute Gasteiger partial charge is 0.425 e. The van der Waals surface area contributed by atoms with Gasteiger partial charge in [-0.05, 0) is 75.0 Å². The molecule has 1 aromatic heterocycles. The standard InChI is InChI=1S/C42H61N3O8/c1-11-33-37-34(45(41(49)52-37)44-19-14-15-30-18-20-43-32-17-13-12-16-31(30)32)27(6)35(46)24(3)22-42(9,10)38(28(7)36(47)29(8)39(48)51-33)53-40-26(5)23(2)21-25(4)50-40/h12-13,16-18,20,23-29,33-34,37-38,40,44H,11,14-15,19,21-22H2,1-10H3/t23-,24+,25+,26+,27+,28-,29+,33+,34+,37?,38+,40?/m0/s1. The highest BCUT2D eigenvalue weighted by Crippen LogP contribution is 2.42. The molecule has 0 bridgehead atoms. The minimum atomic E-state index is -1.09. The Morgan fingerprint density at radius 1 is 0.943 bits per heavy atom. The first-order chi connectivity index (χ1) is 25.0. The number of hydrogen-bond donors (Lipinski definition) is 1. The number of carbonyl (C=O) groups excluding carboxylic acids is 4. The van der Waals surface area contributed by atoms with Crippen LogP contribution in [-0.4, -0.2) is 76.9 Å². The van der Waals surface area contributed by atoms with Crippen molar-refractivity contribution in [2.45, 2.75) is 138 Å². The number of cyclic esters (lactones) is 1. The molecule has 3 aliphatic rings. The summed E-state index contributed by atoms with van der Waals surface area (Å²) in [5.74, 6) is -3.49. The van der Waals surface area contributed by atoms with E-state index in [0.717, 1.165) is 29.3 Å². The molecule has 3 saturated heterocycles. The molecule has 1 N–H and O–H groups in total. The summed E-state index contributed by atoms with van der Waals surface area (Å²) in [5.41, 5.74) is 4.68. The van der Waals surface area contributed by atoms with E-state index in [-0.39, 0.29) is 23.6 Å². The summed E-state index contributed by atoms with van der Waals surface area (Å²) in [7, 11) is 0. The van der Waals surface area contributed by atoms with Gasteiger partial charge in [0.05, 0.1) is 17.7 Å². The largest absolute Gasteiger partial charge is 0.458 e. The van der Waals surface area contributed by atoms with Gasteiger partial charge in [0.15, 0.2) is 18.2 Å². The number of aryl methyl sites for hydroxylation is 1.